The molecule has 2 aromatic carbocycles. The molecule has 0 aromatic heterocycles. The monoisotopic (exact) mass is 720 g/mol. The summed E-state index contributed by atoms with van der Waals surface area (Å²) in [6.07, 6.45) is 0.809. The number of rotatable bonds is 16. The van der Waals surface area contributed by atoms with Gasteiger partial charge in [0, 0.05) is 35.5 Å². The summed E-state index contributed by atoms with van der Waals surface area (Å²) >= 11 is 12.3. The van der Waals surface area contributed by atoms with Crippen molar-refractivity contribution >= 4 is 58.6 Å². The Kier molecular flexibility index (Phi) is 14.8. The summed E-state index contributed by atoms with van der Waals surface area (Å²) in [5.41, 5.74) is 1.11. The molecule has 0 spiro atoms. The summed E-state index contributed by atoms with van der Waals surface area (Å²) in [7, 11) is 0. The average molecular weight is 722 g/mol. The highest BCUT2D eigenvalue weighted by Gasteiger charge is 2.39. The van der Waals surface area contributed by atoms with E-state index >= 15 is 0 Å². The van der Waals surface area contributed by atoms with Crippen LogP contribution in [0.1, 0.15) is 57.6 Å². The number of likely N-dealkylation sites (tertiary alicyclic amines) is 1. The molecular weight excluding hydrogens is 679 g/mol. The van der Waals surface area contributed by atoms with Crippen LogP contribution in [0.15, 0.2) is 42.5 Å². The van der Waals surface area contributed by atoms with E-state index < -0.39 is 78.5 Å². The van der Waals surface area contributed by atoms with Gasteiger partial charge < -0.3 is 35.8 Å². The molecule has 1 aliphatic heterocycles. The van der Waals surface area contributed by atoms with Gasteiger partial charge in [0.15, 0.2) is 5.78 Å². The van der Waals surface area contributed by atoms with Crippen LogP contribution < -0.4 is 16.0 Å². The number of carbonyl (C=O) groups is 6. The lowest BCUT2D eigenvalue weighted by molar-refractivity contribution is -0.147. The summed E-state index contributed by atoms with van der Waals surface area (Å²) < 4.78 is 5.47. The first-order valence-corrected chi connectivity index (χ1v) is 16.6. The number of amides is 4. The van der Waals surface area contributed by atoms with Crippen LogP contribution >= 0.6 is 23.2 Å². The molecule has 266 valence electrons. The van der Waals surface area contributed by atoms with Crippen LogP contribution in [0.25, 0.3) is 0 Å². The Morgan fingerprint density at radius 2 is 1.59 bits per heavy atom. The van der Waals surface area contributed by atoms with Gasteiger partial charge in [-0.2, -0.15) is 0 Å². The molecule has 0 bridgehead atoms. The fourth-order valence-corrected chi connectivity index (χ4v) is 5.96. The van der Waals surface area contributed by atoms with Gasteiger partial charge in [0.1, 0.15) is 36.5 Å². The summed E-state index contributed by atoms with van der Waals surface area (Å²) in [5.74, 6) is -4.71. The minimum atomic E-state index is -1.44. The molecule has 5 N–H and O–H groups in total. The highest BCUT2D eigenvalue weighted by molar-refractivity contribution is 6.35. The highest BCUT2D eigenvalue weighted by Crippen LogP contribution is 2.25. The number of piperidine rings is 1. The number of halogens is 2. The third kappa shape index (κ3) is 11.7. The molecule has 1 aliphatic rings. The highest BCUT2D eigenvalue weighted by atomic mass is 35.5. The number of carbonyl (C=O) groups excluding carboxylic acids is 5. The van der Waals surface area contributed by atoms with E-state index in [-0.39, 0.29) is 31.7 Å². The number of nitrogens with zero attached hydrogens (tertiary/aromatic N) is 1. The first kappa shape index (κ1) is 39.2. The molecular formula is C34H42Cl2N4O9. The Morgan fingerprint density at radius 3 is 2.18 bits per heavy atom. The zero-order chi connectivity index (χ0) is 36.2. The fourth-order valence-electron chi connectivity index (χ4n) is 5.45. The molecule has 13 nitrogen and oxygen atoms in total. The van der Waals surface area contributed by atoms with Crippen molar-refractivity contribution in [1.29, 1.82) is 0 Å². The van der Waals surface area contributed by atoms with Crippen LogP contribution in [0, 0.1) is 5.92 Å². The lowest BCUT2D eigenvalue weighted by Crippen LogP contribution is -2.61. The van der Waals surface area contributed by atoms with Crippen molar-refractivity contribution in [2.45, 2.75) is 83.6 Å². The molecule has 0 saturated carbocycles. The zero-order valence-electron chi connectivity index (χ0n) is 27.5. The predicted octanol–water partition coefficient (Wildman–Crippen LogP) is 3.01. The van der Waals surface area contributed by atoms with Crippen LogP contribution in [-0.4, -0.2) is 87.8 Å². The number of aliphatic carboxylic acids is 1. The Bertz CT molecular complexity index is 1500. The number of aromatic hydroxyl groups is 1. The Balaban J connectivity index is 1.72. The van der Waals surface area contributed by atoms with Gasteiger partial charge in [0.25, 0.3) is 0 Å². The second-order valence-corrected chi connectivity index (χ2v) is 13.0. The fraction of sp³-hybridized carbons (Fsp3) is 0.471. The summed E-state index contributed by atoms with van der Waals surface area (Å²) in [4.78, 5) is 79.0. The van der Waals surface area contributed by atoms with Crippen molar-refractivity contribution in [3.8, 4) is 5.75 Å². The molecule has 4 atom stereocenters. The number of hydrogen-bond donors (Lipinski definition) is 5. The number of phenols is 1. The van der Waals surface area contributed by atoms with E-state index in [1.165, 1.54) is 24.0 Å². The van der Waals surface area contributed by atoms with Crippen LogP contribution in [0.3, 0.4) is 0 Å². The molecule has 0 aliphatic carbocycles. The van der Waals surface area contributed by atoms with Crippen LogP contribution in [-0.2, 0) is 46.5 Å². The van der Waals surface area contributed by atoms with Gasteiger partial charge in [0.05, 0.1) is 13.0 Å². The lowest BCUT2D eigenvalue weighted by atomic mass is 9.95. The maximum atomic E-state index is 14.0. The number of phenolic OH excluding ortho intramolecular Hbond substituents is 1. The summed E-state index contributed by atoms with van der Waals surface area (Å²) in [6, 6.07) is 6.42. The lowest BCUT2D eigenvalue weighted by Gasteiger charge is -2.38. The van der Waals surface area contributed by atoms with E-state index in [1.54, 1.807) is 44.2 Å². The number of ketones is 1. The molecule has 49 heavy (non-hydrogen) atoms. The maximum absolute atomic E-state index is 14.0. The van der Waals surface area contributed by atoms with Gasteiger partial charge in [0.2, 0.25) is 23.6 Å². The minimum absolute atomic E-state index is 0.0423. The van der Waals surface area contributed by atoms with E-state index in [2.05, 4.69) is 16.0 Å². The zero-order valence-corrected chi connectivity index (χ0v) is 29.1. The van der Waals surface area contributed by atoms with E-state index in [4.69, 9.17) is 27.9 Å². The third-order valence-electron chi connectivity index (χ3n) is 8.03. The van der Waals surface area contributed by atoms with E-state index in [9.17, 15) is 39.0 Å². The van der Waals surface area contributed by atoms with Gasteiger partial charge in [-0.15, -0.1) is 0 Å². The van der Waals surface area contributed by atoms with Crippen molar-refractivity contribution in [3.05, 3.63) is 63.6 Å². The minimum Gasteiger partial charge on any atom is -0.508 e. The average Bonchev–Trinajstić information content (AvgIpc) is 3.04. The number of benzene rings is 2. The van der Waals surface area contributed by atoms with E-state index in [0.29, 0.717) is 34.0 Å². The summed E-state index contributed by atoms with van der Waals surface area (Å²) in [6.45, 7) is 4.26. The largest absolute Gasteiger partial charge is 0.508 e. The quantitative estimate of drug-likeness (QED) is 0.173. The number of nitrogens with one attached hydrogen (secondary N) is 3. The molecule has 4 amide bonds. The van der Waals surface area contributed by atoms with Crippen molar-refractivity contribution in [2.75, 3.05) is 13.2 Å². The third-order valence-corrected chi connectivity index (χ3v) is 8.73. The molecule has 0 unspecified atom stereocenters. The SMILES string of the molecule is CC(=O)N[C@@H](Cc1ccc(O)cc1)C(=O)N[C@H](C(=O)N1CCCC[C@H]1C(=O)N[C@@H](CC(=O)O)C(=O)COCc1c(Cl)cccc1Cl)C(C)C. The van der Waals surface area contributed by atoms with Gasteiger partial charge in [-0.25, -0.2) is 0 Å². The first-order chi connectivity index (χ1) is 23.2. The van der Waals surface area contributed by atoms with Crippen LogP contribution in [0.2, 0.25) is 10.0 Å². The van der Waals surface area contributed by atoms with E-state index in [0.717, 1.165) is 0 Å². The van der Waals surface area contributed by atoms with Gasteiger partial charge in [-0.1, -0.05) is 55.2 Å². The Hall–Kier alpha value is -4.20. The molecule has 15 heteroatoms. The Morgan fingerprint density at radius 1 is 0.939 bits per heavy atom. The van der Waals surface area contributed by atoms with Crippen LogP contribution in [0.5, 0.6) is 5.75 Å². The van der Waals surface area contributed by atoms with Crippen molar-refractivity contribution in [1.82, 2.24) is 20.9 Å². The molecule has 3 rings (SSSR count). The number of ether oxygens (including phenoxy) is 1. The molecule has 1 heterocycles. The smallest absolute Gasteiger partial charge is 0.305 e. The molecule has 1 saturated heterocycles. The second kappa shape index (κ2) is 18.5. The first-order valence-electron chi connectivity index (χ1n) is 15.9. The number of Topliss-reactive ketones (excluding diaryl/α,β-unsaturated/α-hetero) is 1. The second-order valence-electron chi connectivity index (χ2n) is 12.2. The van der Waals surface area contributed by atoms with Gasteiger partial charge in [-0.3, -0.25) is 28.8 Å². The van der Waals surface area contributed by atoms with Crippen molar-refractivity contribution in [3.63, 3.8) is 0 Å². The van der Waals surface area contributed by atoms with E-state index in [1.807, 2.05) is 0 Å². The number of carboxylic acid groups (broad SMARTS) is 1. The maximum Gasteiger partial charge on any atom is 0.305 e. The molecule has 2 aromatic rings. The standard InChI is InChI=1S/C34H42Cl2N4O9/c1-19(2)31(39-32(46)27(37-20(3)41)15-21-10-12-22(42)13-11-21)34(48)40-14-5-4-9-28(40)33(47)38-26(16-30(44)45)29(43)18-49-17-23-24(35)7-6-8-25(23)36/h6-8,10-13,19,26-28,31,42H,4-5,9,14-18H2,1-3H3,(H,37,41)(H,38,47)(H,39,46)(H,44,45)/t26-,27-,28-,31-/m0/s1. The van der Waals surface area contributed by atoms with Crippen LogP contribution in [0.4, 0.5) is 0 Å². The summed E-state index contributed by atoms with van der Waals surface area (Å²) in [5, 5.41) is 27.6. The molecule has 1 fully saturated rings. The Labute approximate surface area is 294 Å². The van der Waals surface area contributed by atoms with Gasteiger partial charge in [-0.05, 0) is 55.0 Å². The normalized spacial score (nSPS) is 16.3. The van der Waals surface area contributed by atoms with Crippen molar-refractivity contribution < 1.29 is 43.7 Å². The molecule has 0 radical (unpaired) electrons. The number of hydrogen-bond acceptors (Lipinski definition) is 8. The van der Waals surface area contributed by atoms with Gasteiger partial charge >= 0.3 is 5.97 Å². The predicted molar refractivity (Wildman–Crippen MR) is 181 cm³/mol. The number of carboxylic acids is 1. The topological polar surface area (TPSA) is 191 Å². The van der Waals surface area contributed by atoms with Crippen molar-refractivity contribution in [2.24, 2.45) is 5.92 Å².